The second-order valence-electron chi connectivity index (χ2n) is 5.32. The molecular weight excluding hydrogens is 224 g/mol. The molecule has 0 bridgehead atoms. The standard InChI is InChI=1S/C14H20N4/c1-10(2)11-3-5-18(6-4-11)14-12(8-15)7-13(16)9-17-14/h7,9-11H,3-6,16H2,1-2H3. The summed E-state index contributed by atoms with van der Waals surface area (Å²) >= 11 is 0. The van der Waals surface area contributed by atoms with Gasteiger partial charge in [0.25, 0.3) is 0 Å². The number of rotatable bonds is 2. The number of pyridine rings is 1. The molecule has 0 amide bonds. The summed E-state index contributed by atoms with van der Waals surface area (Å²) in [6.07, 6.45) is 3.98. The molecule has 0 aliphatic carbocycles. The van der Waals surface area contributed by atoms with Crippen LogP contribution >= 0.6 is 0 Å². The summed E-state index contributed by atoms with van der Waals surface area (Å²) in [6, 6.07) is 3.89. The summed E-state index contributed by atoms with van der Waals surface area (Å²) in [5.41, 5.74) is 6.79. The van der Waals surface area contributed by atoms with Gasteiger partial charge in [-0.25, -0.2) is 4.98 Å². The van der Waals surface area contributed by atoms with E-state index in [1.165, 1.54) is 12.8 Å². The number of nitrogen functional groups attached to an aromatic ring is 1. The third kappa shape index (κ3) is 2.56. The molecule has 1 fully saturated rings. The van der Waals surface area contributed by atoms with Gasteiger partial charge in [0.2, 0.25) is 0 Å². The first-order valence-electron chi connectivity index (χ1n) is 6.52. The molecule has 4 nitrogen and oxygen atoms in total. The first kappa shape index (κ1) is 12.7. The highest BCUT2D eigenvalue weighted by Crippen LogP contribution is 2.28. The van der Waals surface area contributed by atoms with Crippen LogP contribution in [0.4, 0.5) is 11.5 Å². The van der Waals surface area contributed by atoms with E-state index in [1.54, 1.807) is 12.3 Å². The molecular formula is C14H20N4. The van der Waals surface area contributed by atoms with Crippen LogP contribution in [-0.4, -0.2) is 18.1 Å². The zero-order valence-electron chi connectivity index (χ0n) is 11.1. The number of nitriles is 1. The summed E-state index contributed by atoms with van der Waals surface area (Å²) in [7, 11) is 0. The number of nitrogens with zero attached hydrogens (tertiary/aromatic N) is 3. The molecule has 1 aliphatic rings. The summed E-state index contributed by atoms with van der Waals surface area (Å²) in [5, 5.41) is 9.14. The summed E-state index contributed by atoms with van der Waals surface area (Å²) in [6.45, 7) is 6.52. The van der Waals surface area contributed by atoms with E-state index in [-0.39, 0.29) is 0 Å². The average molecular weight is 244 g/mol. The molecule has 0 atom stereocenters. The maximum Gasteiger partial charge on any atom is 0.146 e. The second kappa shape index (κ2) is 5.26. The van der Waals surface area contributed by atoms with Crippen molar-refractivity contribution in [2.24, 2.45) is 11.8 Å². The van der Waals surface area contributed by atoms with Crippen molar-refractivity contribution in [1.29, 1.82) is 5.26 Å². The molecule has 0 saturated carbocycles. The molecule has 2 heterocycles. The number of nitrogens with two attached hydrogens (primary N) is 1. The lowest BCUT2D eigenvalue weighted by Gasteiger charge is -2.34. The zero-order chi connectivity index (χ0) is 13.1. The molecule has 0 unspecified atom stereocenters. The largest absolute Gasteiger partial charge is 0.397 e. The van der Waals surface area contributed by atoms with Crippen LogP contribution in [0.15, 0.2) is 12.3 Å². The molecule has 1 saturated heterocycles. The van der Waals surface area contributed by atoms with Gasteiger partial charge in [-0.05, 0) is 30.7 Å². The van der Waals surface area contributed by atoms with Crippen LogP contribution in [0.2, 0.25) is 0 Å². The SMILES string of the molecule is CC(C)C1CCN(c2ncc(N)cc2C#N)CC1. The Bertz CT molecular complexity index is 453. The predicted octanol–water partition coefficient (Wildman–Crippen LogP) is 2.41. The molecule has 1 aromatic heterocycles. The van der Waals surface area contributed by atoms with Crippen molar-refractivity contribution >= 4 is 11.5 Å². The molecule has 0 radical (unpaired) electrons. The van der Waals surface area contributed by atoms with E-state index < -0.39 is 0 Å². The van der Waals surface area contributed by atoms with Gasteiger partial charge in [-0.2, -0.15) is 5.26 Å². The number of anilines is 2. The van der Waals surface area contributed by atoms with Gasteiger partial charge in [0, 0.05) is 13.1 Å². The quantitative estimate of drug-likeness (QED) is 0.867. The topological polar surface area (TPSA) is 65.9 Å². The Hall–Kier alpha value is -1.76. The van der Waals surface area contributed by atoms with Crippen LogP contribution in [0.25, 0.3) is 0 Å². The van der Waals surface area contributed by atoms with Crippen molar-refractivity contribution < 1.29 is 0 Å². The number of piperidine rings is 1. The highest BCUT2D eigenvalue weighted by molar-refractivity contribution is 5.58. The minimum absolute atomic E-state index is 0.548. The van der Waals surface area contributed by atoms with E-state index in [0.29, 0.717) is 11.3 Å². The fraction of sp³-hybridized carbons (Fsp3) is 0.571. The number of hydrogen-bond acceptors (Lipinski definition) is 4. The van der Waals surface area contributed by atoms with Crippen LogP contribution < -0.4 is 10.6 Å². The minimum atomic E-state index is 0.548. The number of aromatic nitrogens is 1. The first-order chi connectivity index (χ1) is 8.61. The zero-order valence-corrected chi connectivity index (χ0v) is 11.1. The molecule has 1 aliphatic heterocycles. The van der Waals surface area contributed by atoms with Gasteiger partial charge in [-0.1, -0.05) is 13.8 Å². The first-order valence-corrected chi connectivity index (χ1v) is 6.52. The molecule has 18 heavy (non-hydrogen) atoms. The maximum atomic E-state index is 9.14. The average Bonchev–Trinajstić information content (AvgIpc) is 2.38. The van der Waals surface area contributed by atoms with Gasteiger partial charge in [0.1, 0.15) is 11.9 Å². The van der Waals surface area contributed by atoms with Crippen molar-refractivity contribution in [3.63, 3.8) is 0 Å². The Morgan fingerprint density at radius 1 is 1.44 bits per heavy atom. The van der Waals surface area contributed by atoms with Gasteiger partial charge >= 0.3 is 0 Å². The van der Waals surface area contributed by atoms with E-state index >= 15 is 0 Å². The molecule has 96 valence electrons. The van der Waals surface area contributed by atoms with Gasteiger partial charge in [-0.15, -0.1) is 0 Å². The van der Waals surface area contributed by atoms with E-state index in [1.807, 2.05) is 0 Å². The van der Waals surface area contributed by atoms with Crippen molar-refractivity contribution in [3.8, 4) is 6.07 Å². The van der Waals surface area contributed by atoms with Crippen molar-refractivity contribution in [2.75, 3.05) is 23.7 Å². The predicted molar refractivity (Wildman–Crippen MR) is 73.1 cm³/mol. The fourth-order valence-electron chi connectivity index (χ4n) is 2.59. The van der Waals surface area contributed by atoms with E-state index in [4.69, 9.17) is 11.0 Å². The molecule has 2 rings (SSSR count). The fourth-order valence-corrected chi connectivity index (χ4v) is 2.59. The Labute approximate surface area is 108 Å². The van der Waals surface area contributed by atoms with E-state index in [0.717, 1.165) is 30.7 Å². The van der Waals surface area contributed by atoms with Gasteiger partial charge in [0.15, 0.2) is 0 Å². The Balaban J connectivity index is 2.13. The monoisotopic (exact) mass is 244 g/mol. The van der Waals surface area contributed by atoms with E-state index in [9.17, 15) is 0 Å². The maximum absolute atomic E-state index is 9.14. The normalized spacial score (nSPS) is 16.9. The van der Waals surface area contributed by atoms with Gasteiger partial charge in [-0.3, -0.25) is 0 Å². The lowest BCUT2D eigenvalue weighted by molar-refractivity contribution is 0.310. The Morgan fingerprint density at radius 3 is 2.67 bits per heavy atom. The third-order valence-electron chi connectivity index (χ3n) is 3.79. The van der Waals surface area contributed by atoms with Crippen molar-refractivity contribution in [1.82, 2.24) is 4.98 Å². The highest BCUT2D eigenvalue weighted by Gasteiger charge is 2.23. The lowest BCUT2D eigenvalue weighted by atomic mass is 9.86. The van der Waals surface area contributed by atoms with Crippen LogP contribution in [0, 0.1) is 23.2 Å². The van der Waals surface area contributed by atoms with Gasteiger partial charge in [0.05, 0.1) is 17.4 Å². The summed E-state index contributed by atoms with van der Waals surface area (Å²) in [5.74, 6) is 2.32. The number of hydrogen-bond donors (Lipinski definition) is 1. The van der Waals surface area contributed by atoms with E-state index in [2.05, 4.69) is 29.8 Å². The van der Waals surface area contributed by atoms with Crippen LogP contribution in [-0.2, 0) is 0 Å². The van der Waals surface area contributed by atoms with Gasteiger partial charge < -0.3 is 10.6 Å². The van der Waals surface area contributed by atoms with Crippen molar-refractivity contribution in [2.45, 2.75) is 26.7 Å². The molecule has 4 heteroatoms. The van der Waals surface area contributed by atoms with Crippen LogP contribution in [0.3, 0.4) is 0 Å². The third-order valence-corrected chi connectivity index (χ3v) is 3.79. The highest BCUT2D eigenvalue weighted by atomic mass is 15.2. The summed E-state index contributed by atoms with van der Waals surface area (Å²) < 4.78 is 0. The van der Waals surface area contributed by atoms with Crippen LogP contribution in [0.1, 0.15) is 32.3 Å². The lowest BCUT2D eigenvalue weighted by Crippen LogP contribution is -2.36. The summed E-state index contributed by atoms with van der Waals surface area (Å²) in [4.78, 5) is 6.53. The van der Waals surface area contributed by atoms with Crippen molar-refractivity contribution in [3.05, 3.63) is 17.8 Å². The van der Waals surface area contributed by atoms with Crippen LogP contribution in [0.5, 0.6) is 0 Å². The smallest absolute Gasteiger partial charge is 0.146 e. The Kier molecular flexibility index (Phi) is 3.71. The molecule has 0 spiro atoms. The molecule has 2 N–H and O–H groups in total. The molecule has 1 aromatic rings. The Morgan fingerprint density at radius 2 is 2.11 bits per heavy atom. The minimum Gasteiger partial charge on any atom is -0.397 e. The second-order valence-corrected chi connectivity index (χ2v) is 5.32. The molecule has 0 aromatic carbocycles.